The molecular formula is C27H27F2N3O4. The number of ether oxygens (including phenoxy) is 1. The molecular weight excluding hydrogens is 468 g/mol. The van der Waals surface area contributed by atoms with E-state index in [2.05, 4.69) is 15.6 Å². The predicted octanol–water partition coefficient (Wildman–Crippen LogP) is 4.57. The smallest absolute Gasteiger partial charge is 0.257 e. The molecule has 1 aliphatic carbocycles. The van der Waals surface area contributed by atoms with Crippen LogP contribution in [0.15, 0.2) is 54.7 Å². The number of pyridine rings is 1. The van der Waals surface area contributed by atoms with Gasteiger partial charge in [-0.1, -0.05) is 6.07 Å². The number of phenols is 1. The number of benzene rings is 2. The topological polar surface area (TPSA) is 101 Å². The summed E-state index contributed by atoms with van der Waals surface area (Å²) in [5, 5.41) is 15.5. The number of halogens is 2. The van der Waals surface area contributed by atoms with E-state index in [-0.39, 0.29) is 47.4 Å². The Labute approximate surface area is 207 Å². The Kier molecular flexibility index (Phi) is 7.77. The highest BCUT2D eigenvalue weighted by Gasteiger charge is 2.26. The van der Waals surface area contributed by atoms with Gasteiger partial charge in [0, 0.05) is 12.1 Å². The van der Waals surface area contributed by atoms with Crippen molar-refractivity contribution in [2.75, 3.05) is 0 Å². The maximum absolute atomic E-state index is 13.9. The quantitative estimate of drug-likeness (QED) is 0.446. The van der Waals surface area contributed by atoms with Crippen molar-refractivity contribution in [1.29, 1.82) is 0 Å². The van der Waals surface area contributed by atoms with Gasteiger partial charge in [-0.25, -0.2) is 13.8 Å². The molecule has 0 aliphatic heterocycles. The van der Waals surface area contributed by atoms with E-state index in [0.29, 0.717) is 25.7 Å². The van der Waals surface area contributed by atoms with Crippen LogP contribution >= 0.6 is 0 Å². The second kappa shape index (κ2) is 11.2. The van der Waals surface area contributed by atoms with Gasteiger partial charge in [-0.2, -0.15) is 0 Å². The molecule has 4 rings (SSSR count). The van der Waals surface area contributed by atoms with E-state index in [1.54, 1.807) is 18.2 Å². The normalized spacial score (nSPS) is 17.3. The Bertz CT molecular complexity index is 1240. The van der Waals surface area contributed by atoms with Crippen molar-refractivity contribution in [3.8, 4) is 17.4 Å². The van der Waals surface area contributed by atoms with Gasteiger partial charge >= 0.3 is 0 Å². The number of aromatic hydroxyl groups is 1. The molecule has 0 bridgehead atoms. The van der Waals surface area contributed by atoms with Crippen LogP contribution in [0.25, 0.3) is 0 Å². The number of aryl methyl sites for hydroxylation is 1. The van der Waals surface area contributed by atoms with E-state index in [1.165, 1.54) is 24.3 Å². The first-order valence-electron chi connectivity index (χ1n) is 11.7. The minimum atomic E-state index is -0.679. The minimum Gasteiger partial charge on any atom is -0.508 e. The fourth-order valence-electron chi connectivity index (χ4n) is 4.26. The third-order valence-electron chi connectivity index (χ3n) is 6.20. The van der Waals surface area contributed by atoms with Crippen LogP contribution in [-0.4, -0.2) is 34.0 Å². The molecule has 1 aliphatic rings. The molecule has 1 heterocycles. The van der Waals surface area contributed by atoms with E-state index in [0.717, 1.165) is 23.4 Å². The summed E-state index contributed by atoms with van der Waals surface area (Å²) in [7, 11) is 0. The van der Waals surface area contributed by atoms with E-state index in [1.807, 2.05) is 6.92 Å². The summed E-state index contributed by atoms with van der Waals surface area (Å²) in [5.74, 6) is -1.37. The summed E-state index contributed by atoms with van der Waals surface area (Å²) >= 11 is 0. The number of nitrogens with one attached hydrogen (secondary N) is 2. The van der Waals surface area contributed by atoms with Gasteiger partial charge in [0.25, 0.3) is 5.91 Å². The Morgan fingerprint density at radius 2 is 1.64 bits per heavy atom. The molecule has 0 unspecified atom stereocenters. The molecule has 3 aromatic rings. The molecule has 2 aromatic carbocycles. The van der Waals surface area contributed by atoms with Crippen LogP contribution in [0.3, 0.4) is 0 Å². The Morgan fingerprint density at radius 1 is 0.972 bits per heavy atom. The van der Waals surface area contributed by atoms with Gasteiger partial charge in [0.2, 0.25) is 11.8 Å². The summed E-state index contributed by atoms with van der Waals surface area (Å²) in [5.41, 5.74) is 1.65. The maximum Gasteiger partial charge on any atom is 0.257 e. The van der Waals surface area contributed by atoms with Gasteiger partial charge in [-0.3, -0.25) is 9.59 Å². The van der Waals surface area contributed by atoms with E-state index in [9.17, 15) is 23.5 Å². The first-order valence-corrected chi connectivity index (χ1v) is 11.7. The van der Waals surface area contributed by atoms with Gasteiger partial charge < -0.3 is 20.5 Å². The first-order chi connectivity index (χ1) is 17.3. The Hall–Kier alpha value is -4.01. The fourth-order valence-corrected chi connectivity index (χ4v) is 4.26. The number of nitrogens with zero attached hydrogens (tertiary/aromatic N) is 1. The monoisotopic (exact) mass is 495 g/mol. The molecule has 0 spiro atoms. The number of amides is 2. The lowest BCUT2D eigenvalue weighted by molar-refractivity contribution is -0.121. The van der Waals surface area contributed by atoms with Gasteiger partial charge in [0.15, 0.2) is 0 Å². The second-order valence-corrected chi connectivity index (χ2v) is 8.94. The third kappa shape index (κ3) is 6.56. The molecule has 0 radical (unpaired) electrons. The number of carbonyl (C=O) groups is 2. The highest BCUT2D eigenvalue weighted by atomic mass is 19.1. The first kappa shape index (κ1) is 25.1. The van der Waals surface area contributed by atoms with Crippen molar-refractivity contribution < 1.29 is 28.2 Å². The van der Waals surface area contributed by atoms with Gasteiger partial charge in [0.1, 0.15) is 28.7 Å². The lowest BCUT2D eigenvalue weighted by atomic mass is 9.90. The number of phenolic OH excluding ortho intramolecular Hbond substituents is 1. The van der Waals surface area contributed by atoms with Gasteiger partial charge in [0.05, 0.1) is 12.6 Å². The molecule has 3 N–H and O–H groups in total. The molecule has 36 heavy (non-hydrogen) atoms. The average Bonchev–Trinajstić information content (AvgIpc) is 2.84. The van der Waals surface area contributed by atoms with Crippen molar-refractivity contribution in [3.05, 3.63) is 83.1 Å². The second-order valence-electron chi connectivity index (χ2n) is 8.94. The molecule has 0 atom stereocenters. The van der Waals surface area contributed by atoms with Crippen molar-refractivity contribution in [3.63, 3.8) is 0 Å². The van der Waals surface area contributed by atoms with Crippen molar-refractivity contribution in [2.45, 2.75) is 51.1 Å². The highest BCUT2D eigenvalue weighted by molar-refractivity contribution is 5.96. The number of rotatable bonds is 7. The molecule has 1 fully saturated rings. The molecule has 9 heteroatoms. The summed E-state index contributed by atoms with van der Waals surface area (Å²) in [6, 6.07) is 11.0. The van der Waals surface area contributed by atoms with Crippen LogP contribution in [0.5, 0.6) is 17.4 Å². The zero-order chi connectivity index (χ0) is 25.7. The third-order valence-corrected chi connectivity index (χ3v) is 6.20. The van der Waals surface area contributed by atoms with Crippen LogP contribution in [0.1, 0.15) is 47.2 Å². The number of carbonyl (C=O) groups excluding carboxylic acids is 2. The van der Waals surface area contributed by atoms with Gasteiger partial charge in [-0.15, -0.1) is 0 Å². The predicted molar refractivity (Wildman–Crippen MR) is 129 cm³/mol. The standard InChI is InChI=1S/C27H27F2N3O4/c1-16-12-22(33)9-2-17(16)13-25(34)31-20-5-7-21(8-6-20)32-26(35)24-14-19(29)15-30-27(24)36-23-10-3-18(28)4-11-23/h2-4,9-12,14-15,20-21,33H,5-8,13H2,1H3,(H,31,34)(H,32,35). The molecule has 1 aromatic heterocycles. The highest BCUT2D eigenvalue weighted by Crippen LogP contribution is 2.25. The van der Waals surface area contributed by atoms with E-state index >= 15 is 0 Å². The van der Waals surface area contributed by atoms with E-state index < -0.39 is 17.5 Å². The average molecular weight is 496 g/mol. The Morgan fingerprint density at radius 3 is 2.31 bits per heavy atom. The van der Waals surface area contributed by atoms with Crippen LogP contribution in [0.2, 0.25) is 0 Å². The molecule has 0 saturated heterocycles. The maximum atomic E-state index is 13.9. The Balaban J connectivity index is 1.30. The lowest BCUT2D eigenvalue weighted by Crippen LogP contribution is -2.44. The van der Waals surface area contributed by atoms with Crippen molar-refractivity contribution in [1.82, 2.24) is 15.6 Å². The molecule has 188 valence electrons. The lowest BCUT2D eigenvalue weighted by Gasteiger charge is -2.30. The largest absolute Gasteiger partial charge is 0.508 e. The van der Waals surface area contributed by atoms with Crippen LogP contribution in [0, 0.1) is 18.6 Å². The van der Waals surface area contributed by atoms with E-state index in [4.69, 9.17) is 4.74 Å². The summed E-state index contributed by atoms with van der Waals surface area (Å²) in [6.07, 6.45) is 3.84. The molecule has 2 amide bonds. The van der Waals surface area contributed by atoms with Crippen LogP contribution < -0.4 is 15.4 Å². The summed E-state index contributed by atoms with van der Waals surface area (Å²) in [6.45, 7) is 1.85. The van der Waals surface area contributed by atoms with Crippen molar-refractivity contribution in [2.24, 2.45) is 0 Å². The summed E-state index contributed by atoms with van der Waals surface area (Å²) < 4.78 is 32.6. The number of hydrogen-bond donors (Lipinski definition) is 3. The van der Waals surface area contributed by atoms with Crippen LogP contribution in [-0.2, 0) is 11.2 Å². The summed E-state index contributed by atoms with van der Waals surface area (Å²) in [4.78, 5) is 29.3. The minimum absolute atomic E-state index is 0.00344. The fraction of sp³-hybridized carbons (Fsp3) is 0.296. The zero-order valence-electron chi connectivity index (χ0n) is 19.8. The number of hydrogen-bond acceptors (Lipinski definition) is 5. The molecule has 7 nitrogen and oxygen atoms in total. The number of aromatic nitrogens is 1. The van der Waals surface area contributed by atoms with Gasteiger partial charge in [-0.05, 0) is 86.2 Å². The van der Waals surface area contributed by atoms with Crippen molar-refractivity contribution >= 4 is 11.8 Å². The zero-order valence-corrected chi connectivity index (χ0v) is 19.8. The van der Waals surface area contributed by atoms with Crippen LogP contribution in [0.4, 0.5) is 8.78 Å². The molecule has 1 saturated carbocycles. The SMILES string of the molecule is Cc1cc(O)ccc1CC(=O)NC1CCC(NC(=O)c2cc(F)cnc2Oc2ccc(F)cc2)CC1.